The van der Waals surface area contributed by atoms with E-state index in [1.165, 1.54) is 0 Å². The van der Waals surface area contributed by atoms with E-state index >= 15 is 0 Å². The van der Waals surface area contributed by atoms with Gasteiger partial charge >= 0.3 is 0 Å². The SMILES string of the molecule is CCC(C)Nc1ccc(NC(=O)c2ccc(C(=O)C(C)(C)C)cc2)cc1. The van der Waals surface area contributed by atoms with Crippen molar-refractivity contribution in [1.82, 2.24) is 0 Å². The number of rotatable bonds is 6. The Bertz CT molecular complexity index is 756. The molecule has 26 heavy (non-hydrogen) atoms. The molecular formula is C22H28N2O2. The van der Waals surface area contributed by atoms with Crippen LogP contribution in [0, 0.1) is 5.41 Å². The predicted molar refractivity (Wildman–Crippen MR) is 108 cm³/mol. The summed E-state index contributed by atoms with van der Waals surface area (Å²) in [5.74, 6) is -0.128. The first kappa shape index (κ1) is 19.7. The molecule has 0 aromatic heterocycles. The van der Waals surface area contributed by atoms with Crippen molar-refractivity contribution in [2.24, 2.45) is 5.41 Å². The summed E-state index contributed by atoms with van der Waals surface area (Å²) in [6, 6.07) is 14.9. The Balaban J connectivity index is 2.02. The van der Waals surface area contributed by atoms with E-state index < -0.39 is 5.41 Å². The molecule has 0 radical (unpaired) electrons. The van der Waals surface area contributed by atoms with Gasteiger partial charge in [-0.05, 0) is 49.7 Å². The predicted octanol–water partition coefficient (Wildman–Crippen LogP) is 5.38. The second-order valence-corrected chi connectivity index (χ2v) is 7.64. The smallest absolute Gasteiger partial charge is 0.255 e. The summed E-state index contributed by atoms with van der Waals surface area (Å²) in [5, 5.41) is 6.27. The van der Waals surface area contributed by atoms with E-state index in [1.54, 1.807) is 24.3 Å². The van der Waals surface area contributed by atoms with Crippen LogP contribution >= 0.6 is 0 Å². The lowest BCUT2D eigenvalue weighted by Crippen LogP contribution is -2.20. The van der Waals surface area contributed by atoms with Gasteiger partial charge in [0.15, 0.2) is 5.78 Å². The molecule has 0 heterocycles. The van der Waals surface area contributed by atoms with Crippen LogP contribution in [0.15, 0.2) is 48.5 Å². The normalized spacial score (nSPS) is 12.3. The van der Waals surface area contributed by atoms with E-state index in [0.717, 1.165) is 17.8 Å². The number of Topliss-reactive ketones (excluding diaryl/α,β-unsaturated/α-hetero) is 1. The molecule has 2 aromatic rings. The van der Waals surface area contributed by atoms with Crippen molar-refractivity contribution >= 4 is 23.1 Å². The van der Waals surface area contributed by atoms with Gasteiger partial charge in [-0.3, -0.25) is 9.59 Å². The van der Waals surface area contributed by atoms with Gasteiger partial charge in [-0.25, -0.2) is 0 Å². The van der Waals surface area contributed by atoms with Crippen molar-refractivity contribution in [2.45, 2.75) is 47.1 Å². The molecule has 1 unspecified atom stereocenters. The van der Waals surface area contributed by atoms with Gasteiger partial charge in [-0.2, -0.15) is 0 Å². The number of benzene rings is 2. The third-order valence-corrected chi connectivity index (χ3v) is 4.26. The molecular weight excluding hydrogens is 324 g/mol. The van der Waals surface area contributed by atoms with Crippen molar-refractivity contribution in [3.05, 3.63) is 59.7 Å². The Morgan fingerprint density at radius 3 is 1.88 bits per heavy atom. The summed E-state index contributed by atoms with van der Waals surface area (Å²) < 4.78 is 0. The zero-order valence-electron chi connectivity index (χ0n) is 16.2. The Hall–Kier alpha value is -2.62. The molecule has 0 saturated heterocycles. The lowest BCUT2D eigenvalue weighted by molar-refractivity contribution is 0.0857. The van der Waals surface area contributed by atoms with Crippen LogP contribution < -0.4 is 10.6 Å². The van der Waals surface area contributed by atoms with Crippen molar-refractivity contribution in [3.8, 4) is 0 Å². The Morgan fingerprint density at radius 2 is 1.38 bits per heavy atom. The van der Waals surface area contributed by atoms with Crippen LogP contribution in [-0.4, -0.2) is 17.7 Å². The molecule has 2 aromatic carbocycles. The average molecular weight is 352 g/mol. The molecule has 1 atom stereocenters. The van der Waals surface area contributed by atoms with Gasteiger partial charge in [-0.1, -0.05) is 39.8 Å². The summed E-state index contributed by atoms with van der Waals surface area (Å²) >= 11 is 0. The molecule has 0 aliphatic rings. The quantitative estimate of drug-likeness (QED) is 0.686. The maximum Gasteiger partial charge on any atom is 0.255 e. The van der Waals surface area contributed by atoms with Gasteiger partial charge in [0.1, 0.15) is 0 Å². The number of hydrogen-bond donors (Lipinski definition) is 2. The van der Waals surface area contributed by atoms with Crippen LogP contribution in [0.4, 0.5) is 11.4 Å². The lowest BCUT2D eigenvalue weighted by Gasteiger charge is -2.16. The number of carbonyl (C=O) groups excluding carboxylic acids is 2. The minimum absolute atomic E-state index is 0.0638. The topological polar surface area (TPSA) is 58.2 Å². The van der Waals surface area contributed by atoms with E-state index in [-0.39, 0.29) is 11.7 Å². The van der Waals surface area contributed by atoms with E-state index in [9.17, 15) is 9.59 Å². The lowest BCUT2D eigenvalue weighted by atomic mass is 9.86. The van der Waals surface area contributed by atoms with Gasteiger partial charge in [0, 0.05) is 34.0 Å². The standard InChI is InChI=1S/C22H28N2O2/c1-6-15(2)23-18-11-13-19(14-12-18)24-21(26)17-9-7-16(8-10-17)20(25)22(3,4)5/h7-15,23H,6H2,1-5H3,(H,24,26). The highest BCUT2D eigenvalue weighted by atomic mass is 16.1. The number of carbonyl (C=O) groups is 2. The number of hydrogen-bond acceptors (Lipinski definition) is 3. The molecule has 0 aliphatic carbocycles. The highest BCUT2D eigenvalue weighted by molar-refractivity contribution is 6.05. The second kappa shape index (κ2) is 8.17. The molecule has 2 N–H and O–H groups in total. The Kier molecular flexibility index (Phi) is 6.19. The van der Waals surface area contributed by atoms with E-state index in [0.29, 0.717) is 17.2 Å². The summed E-state index contributed by atoms with van der Waals surface area (Å²) in [5.41, 5.74) is 2.48. The summed E-state index contributed by atoms with van der Waals surface area (Å²) in [6.07, 6.45) is 1.05. The fourth-order valence-corrected chi connectivity index (χ4v) is 2.45. The molecule has 0 saturated carbocycles. The molecule has 4 heteroatoms. The highest BCUT2D eigenvalue weighted by Gasteiger charge is 2.22. The van der Waals surface area contributed by atoms with Crippen molar-refractivity contribution in [2.75, 3.05) is 10.6 Å². The van der Waals surface area contributed by atoms with E-state index in [4.69, 9.17) is 0 Å². The minimum Gasteiger partial charge on any atom is -0.383 e. The largest absolute Gasteiger partial charge is 0.383 e. The number of nitrogens with one attached hydrogen (secondary N) is 2. The molecule has 4 nitrogen and oxygen atoms in total. The summed E-state index contributed by atoms with van der Waals surface area (Å²) in [4.78, 5) is 24.7. The second-order valence-electron chi connectivity index (χ2n) is 7.64. The number of amides is 1. The Morgan fingerprint density at radius 1 is 0.885 bits per heavy atom. The van der Waals surface area contributed by atoms with Crippen LogP contribution in [0.3, 0.4) is 0 Å². The Labute approximate surface area is 156 Å². The molecule has 0 aliphatic heterocycles. The van der Waals surface area contributed by atoms with Crippen LogP contribution in [0.1, 0.15) is 61.8 Å². The van der Waals surface area contributed by atoms with Crippen LogP contribution in [0.2, 0.25) is 0 Å². The van der Waals surface area contributed by atoms with Crippen molar-refractivity contribution in [3.63, 3.8) is 0 Å². The van der Waals surface area contributed by atoms with Crippen molar-refractivity contribution < 1.29 is 9.59 Å². The first-order valence-electron chi connectivity index (χ1n) is 9.03. The number of anilines is 2. The van der Waals surface area contributed by atoms with Gasteiger partial charge in [-0.15, -0.1) is 0 Å². The monoisotopic (exact) mass is 352 g/mol. The van der Waals surface area contributed by atoms with Crippen LogP contribution in [0.25, 0.3) is 0 Å². The zero-order chi connectivity index (χ0) is 19.3. The fourth-order valence-electron chi connectivity index (χ4n) is 2.45. The molecule has 0 bridgehead atoms. The fraction of sp³-hybridized carbons (Fsp3) is 0.364. The van der Waals surface area contributed by atoms with E-state index in [2.05, 4.69) is 24.5 Å². The van der Waals surface area contributed by atoms with Crippen LogP contribution in [0.5, 0.6) is 0 Å². The summed E-state index contributed by atoms with van der Waals surface area (Å²) in [7, 11) is 0. The molecule has 2 rings (SSSR count). The summed E-state index contributed by atoms with van der Waals surface area (Å²) in [6.45, 7) is 9.91. The van der Waals surface area contributed by atoms with Gasteiger partial charge < -0.3 is 10.6 Å². The first-order chi connectivity index (χ1) is 12.2. The van der Waals surface area contributed by atoms with Gasteiger partial charge in [0.25, 0.3) is 5.91 Å². The number of ketones is 1. The molecule has 0 fully saturated rings. The maximum atomic E-state index is 12.4. The van der Waals surface area contributed by atoms with Gasteiger partial charge in [0.2, 0.25) is 0 Å². The highest BCUT2D eigenvalue weighted by Crippen LogP contribution is 2.21. The maximum absolute atomic E-state index is 12.4. The third kappa shape index (κ3) is 5.19. The van der Waals surface area contributed by atoms with E-state index in [1.807, 2.05) is 45.0 Å². The van der Waals surface area contributed by atoms with Crippen LogP contribution in [-0.2, 0) is 0 Å². The zero-order valence-corrected chi connectivity index (χ0v) is 16.2. The van der Waals surface area contributed by atoms with Crippen molar-refractivity contribution in [1.29, 1.82) is 0 Å². The molecule has 138 valence electrons. The average Bonchev–Trinajstić information content (AvgIpc) is 2.62. The third-order valence-electron chi connectivity index (χ3n) is 4.26. The molecule has 0 spiro atoms. The minimum atomic E-state index is -0.436. The first-order valence-corrected chi connectivity index (χ1v) is 9.03. The van der Waals surface area contributed by atoms with Gasteiger partial charge in [0.05, 0.1) is 0 Å². The molecule has 1 amide bonds.